The van der Waals surface area contributed by atoms with Gasteiger partial charge in [-0.05, 0) is 57.5 Å². The lowest BCUT2D eigenvalue weighted by molar-refractivity contribution is -0.0164. The molecule has 2 heterocycles. The van der Waals surface area contributed by atoms with Gasteiger partial charge in [0.15, 0.2) is 5.96 Å². The molecule has 0 radical (unpaired) electrons. The van der Waals surface area contributed by atoms with Crippen LogP contribution in [0.4, 0.5) is 0 Å². The summed E-state index contributed by atoms with van der Waals surface area (Å²) < 4.78 is 5.68. The molecule has 1 saturated carbocycles. The van der Waals surface area contributed by atoms with Crippen LogP contribution in [0.2, 0.25) is 0 Å². The average Bonchev–Trinajstić information content (AvgIpc) is 3.27. The lowest BCUT2D eigenvalue weighted by atomic mass is 9.78. The summed E-state index contributed by atoms with van der Waals surface area (Å²) in [7, 11) is 1.90. The van der Waals surface area contributed by atoms with E-state index >= 15 is 0 Å². The van der Waals surface area contributed by atoms with E-state index in [4.69, 9.17) is 4.74 Å². The zero-order valence-corrected chi connectivity index (χ0v) is 17.9. The molecule has 0 aromatic heterocycles. The highest BCUT2D eigenvalue weighted by Crippen LogP contribution is 2.32. The minimum absolute atomic E-state index is 0.241. The fourth-order valence-corrected chi connectivity index (χ4v) is 5.41. The Balaban J connectivity index is 1.54. The molecule has 3 rings (SSSR count). The lowest BCUT2D eigenvalue weighted by Gasteiger charge is -2.45. The molecule has 0 aromatic rings. The Bertz CT molecular complexity index is 463. The molecule has 2 aliphatic heterocycles. The molecular formula is C22H42N4O. The maximum atomic E-state index is 5.68. The number of nitrogens with one attached hydrogen (secondary N) is 2. The van der Waals surface area contributed by atoms with Crippen LogP contribution in [0.15, 0.2) is 4.99 Å². The molecule has 27 heavy (non-hydrogen) atoms. The summed E-state index contributed by atoms with van der Waals surface area (Å²) in [6, 6.07) is 0.455. The standard InChI is InChI=1S/C22H42N4O/c1-18(20-9-5-4-6-10-20)19(2)25-21(23-3)24-17-22(11-15-27-16-12-22)26-13-7-8-14-26/h18-20H,4-17H2,1-3H3,(H2,23,24,25). The quantitative estimate of drug-likeness (QED) is 0.549. The van der Waals surface area contributed by atoms with Crippen LogP contribution in [-0.2, 0) is 4.74 Å². The van der Waals surface area contributed by atoms with Gasteiger partial charge in [-0.25, -0.2) is 0 Å². The maximum Gasteiger partial charge on any atom is 0.191 e. The first-order valence-corrected chi connectivity index (χ1v) is 11.4. The highest BCUT2D eigenvalue weighted by atomic mass is 16.5. The number of ether oxygens (including phenoxy) is 1. The van der Waals surface area contributed by atoms with Gasteiger partial charge in [0.25, 0.3) is 0 Å². The van der Waals surface area contributed by atoms with Crippen molar-refractivity contribution in [1.82, 2.24) is 15.5 Å². The minimum atomic E-state index is 0.241. The van der Waals surface area contributed by atoms with Crippen molar-refractivity contribution in [2.75, 3.05) is 39.9 Å². The number of guanidine groups is 1. The molecular weight excluding hydrogens is 336 g/mol. The number of rotatable bonds is 6. The zero-order chi connectivity index (χ0) is 19.1. The first-order valence-electron chi connectivity index (χ1n) is 11.4. The molecule has 0 aromatic carbocycles. The van der Waals surface area contributed by atoms with E-state index in [1.807, 2.05) is 7.05 Å². The van der Waals surface area contributed by atoms with Crippen molar-refractivity contribution in [3.63, 3.8) is 0 Å². The first-order chi connectivity index (χ1) is 13.1. The third kappa shape index (κ3) is 5.38. The van der Waals surface area contributed by atoms with E-state index < -0.39 is 0 Å². The summed E-state index contributed by atoms with van der Waals surface area (Å²) in [5.74, 6) is 2.53. The summed E-state index contributed by atoms with van der Waals surface area (Å²) in [4.78, 5) is 7.25. The van der Waals surface area contributed by atoms with Gasteiger partial charge in [0, 0.05) is 38.4 Å². The molecule has 2 atom stereocenters. The van der Waals surface area contributed by atoms with Gasteiger partial charge in [0.1, 0.15) is 0 Å². The second-order valence-electron chi connectivity index (χ2n) is 9.15. The van der Waals surface area contributed by atoms with Crippen LogP contribution in [0.3, 0.4) is 0 Å². The van der Waals surface area contributed by atoms with Crippen molar-refractivity contribution in [3.05, 3.63) is 0 Å². The highest BCUT2D eigenvalue weighted by Gasteiger charge is 2.39. The van der Waals surface area contributed by atoms with Crippen molar-refractivity contribution >= 4 is 5.96 Å². The van der Waals surface area contributed by atoms with Crippen LogP contribution >= 0.6 is 0 Å². The third-order valence-electron chi connectivity index (χ3n) is 7.56. The third-order valence-corrected chi connectivity index (χ3v) is 7.56. The smallest absolute Gasteiger partial charge is 0.191 e. The monoisotopic (exact) mass is 378 g/mol. The highest BCUT2D eigenvalue weighted by molar-refractivity contribution is 5.80. The molecule has 2 N–H and O–H groups in total. The molecule has 0 spiro atoms. The van der Waals surface area contributed by atoms with Crippen LogP contribution < -0.4 is 10.6 Å². The zero-order valence-electron chi connectivity index (χ0n) is 17.9. The largest absolute Gasteiger partial charge is 0.381 e. The predicted octanol–water partition coefficient (Wildman–Crippen LogP) is 3.40. The maximum absolute atomic E-state index is 5.68. The van der Waals surface area contributed by atoms with E-state index in [9.17, 15) is 0 Å². The second-order valence-corrected chi connectivity index (χ2v) is 9.15. The molecule has 2 saturated heterocycles. The number of hydrogen-bond acceptors (Lipinski definition) is 3. The Morgan fingerprint density at radius 1 is 1.07 bits per heavy atom. The summed E-state index contributed by atoms with van der Waals surface area (Å²) >= 11 is 0. The fourth-order valence-electron chi connectivity index (χ4n) is 5.41. The summed E-state index contributed by atoms with van der Waals surface area (Å²) in [6.07, 6.45) is 12.0. The fraction of sp³-hybridized carbons (Fsp3) is 0.955. The Kier molecular flexibility index (Phi) is 7.83. The van der Waals surface area contributed by atoms with E-state index in [-0.39, 0.29) is 5.54 Å². The van der Waals surface area contributed by atoms with Gasteiger partial charge in [-0.1, -0.05) is 39.0 Å². The van der Waals surface area contributed by atoms with Crippen LogP contribution in [-0.4, -0.2) is 62.3 Å². The van der Waals surface area contributed by atoms with Crippen molar-refractivity contribution in [3.8, 4) is 0 Å². The van der Waals surface area contributed by atoms with Gasteiger partial charge in [-0.2, -0.15) is 0 Å². The van der Waals surface area contributed by atoms with E-state index in [2.05, 4.69) is 34.4 Å². The first kappa shape index (κ1) is 20.9. The SMILES string of the molecule is CN=C(NCC1(N2CCCC2)CCOCC1)NC(C)C(C)C1CCCCC1. The summed E-state index contributed by atoms with van der Waals surface area (Å²) in [6.45, 7) is 9.98. The van der Waals surface area contributed by atoms with Crippen LogP contribution in [0, 0.1) is 11.8 Å². The van der Waals surface area contributed by atoms with Gasteiger partial charge in [-0.15, -0.1) is 0 Å². The Hall–Kier alpha value is -0.810. The molecule has 0 amide bonds. The number of likely N-dealkylation sites (tertiary alicyclic amines) is 1. The van der Waals surface area contributed by atoms with E-state index in [0.29, 0.717) is 12.0 Å². The normalized spacial score (nSPS) is 27.3. The second kappa shape index (κ2) is 10.1. The average molecular weight is 379 g/mol. The minimum Gasteiger partial charge on any atom is -0.381 e. The topological polar surface area (TPSA) is 48.9 Å². The van der Waals surface area contributed by atoms with E-state index in [1.165, 1.54) is 58.0 Å². The van der Waals surface area contributed by atoms with Crippen molar-refractivity contribution in [1.29, 1.82) is 0 Å². The number of nitrogens with zero attached hydrogens (tertiary/aromatic N) is 2. The molecule has 3 fully saturated rings. The van der Waals surface area contributed by atoms with E-state index in [0.717, 1.165) is 44.5 Å². The predicted molar refractivity (Wildman–Crippen MR) is 113 cm³/mol. The van der Waals surface area contributed by atoms with Crippen molar-refractivity contribution in [2.24, 2.45) is 16.8 Å². The lowest BCUT2D eigenvalue weighted by Crippen LogP contribution is -2.59. The van der Waals surface area contributed by atoms with Crippen LogP contribution in [0.1, 0.15) is 71.6 Å². The molecule has 5 heteroatoms. The molecule has 2 unspecified atom stereocenters. The molecule has 0 bridgehead atoms. The number of hydrogen-bond donors (Lipinski definition) is 2. The Morgan fingerprint density at radius 3 is 2.37 bits per heavy atom. The molecule has 3 aliphatic rings. The van der Waals surface area contributed by atoms with Gasteiger partial charge in [0.2, 0.25) is 0 Å². The summed E-state index contributed by atoms with van der Waals surface area (Å²) in [5.41, 5.74) is 0.241. The van der Waals surface area contributed by atoms with Gasteiger partial charge in [-0.3, -0.25) is 9.89 Å². The van der Waals surface area contributed by atoms with Gasteiger partial charge < -0.3 is 15.4 Å². The van der Waals surface area contributed by atoms with Crippen molar-refractivity contribution in [2.45, 2.75) is 83.2 Å². The van der Waals surface area contributed by atoms with E-state index in [1.54, 1.807) is 0 Å². The Labute approximate surface area is 166 Å². The number of aliphatic imine (C=N–C) groups is 1. The van der Waals surface area contributed by atoms with Crippen LogP contribution in [0.5, 0.6) is 0 Å². The van der Waals surface area contributed by atoms with Crippen molar-refractivity contribution < 1.29 is 4.74 Å². The molecule has 5 nitrogen and oxygen atoms in total. The van der Waals surface area contributed by atoms with Gasteiger partial charge in [0.05, 0.1) is 0 Å². The Morgan fingerprint density at radius 2 is 1.74 bits per heavy atom. The molecule has 1 aliphatic carbocycles. The summed E-state index contributed by atoms with van der Waals surface area (Å²) in [5, 5.41) is 7.39. The van der Waals surface area contributed by atoms with Gasteiger partial charge >= 0.3 is 0 Å². The molecule has 156 valence electrons. The van der Waals surface area contributed by atoms with Crippen LogP contribution in [0.25, 0.3) is 0 Å².